The van der Waals surface area contributed by atoms with Gasteiger partial charge in [0, 0.05) is 11.3 Å². The Balaban J connectivity index is 1.79. The number of fused-ring (bicyclic) bond motifs is 5. The number of hydrogen-bond donors (Lipinski definition) is 4. The summed E-state index contributed by atoms with van der Waals surface area (Å²) in [6.07, 6.45) is 3.73. The third-order valence-electron chi connectivity index (χ3n) is 9.52. The van der Waals surface area contributed by atoms with Crippen molar-refractivity contribution in [1.29, 1.82) is 0 Å². The average molecular weight is 366 g/mol. The molecule has 4 fully saturated rings. The monoisotopic (exact) mass is 366 g/mol. The van der Waals surface area contributed by atoms with Crippen LogP contribution in [0, 0.1) is 28.6 Å². The largest absolute Gasteiger partial charge is 0.393 e. The van der Waals surface area contributed by atoms with Gasteiger partial charge in [-0.25, -0.2) is 0 Å². The molecular formula is C21H34O5. The molecule has 0 saturated heterocycles. The Morgan fingerprint density at radius 2 is 1.65 bits per heavy atom. The van der Waals surface area contributed by atoms with Crippen LogP contribution in [-0.2, 0) is 4.79 Å². The molecule has 4 aliphatic carbocycles. The first-order valence-electron chi connectivity index (χ1n) is 10.3. The van der Waals surface area contributed by atoms with Gasteiger partial charge in [-0.2, -0.15) is 0 Å². The maximum Gasteiger partial charge on any atom is 0.133 e. The van der Waals surface area contributed by atoms with Gasteiger partial charge in [0.2, 0.25) is 0 Å². The second-order valence-corrected chi connectivity index (χ2v) is 10.2. The third kappa shape index (κ3) is 1.98. The molecule has 4 rings (SSSR count). The van der Waals surface area contributed by atoms with Crippen LogP contribution in [-0.4, -0.2) is 49.6 Å². The fraction of sp³-hybridized carbons (Fsp3) is 0.952. The van der Waals surface area contributed by atoms with Gasteiger partial charge in [-0.1, -0.05) is 13.8 Å². The Bertz CT molecular complexity index is 622. The van der Waals surface area contributed by atoms with Crippen molar-refractivity contribution in [3.05, 3.63) is 0 Å². The Morgan fingerprint density at radius 1 is 0.962 bits per heavy atom. The van der Waals surface area contributed by atoms with Crippen molar-refractivity contribution >= 4 is 5.78 Å². The van der Waals surface area contributed by atoms with Crippen LogP contribution in [0.4, 0.5) is 0 Å². The zero-order chi connectivity index (χ0) is 19.1. The van der Waals surface area contributed by atoms with E-state index in [4.69, 9.17) is 0 Å². The first kappa shape index (κ1) is 18.9. The predicted molar refractivity (Wildman–Crippen MR) is 96.2 cm³/mol. The van der Waals surface area contributed by atoms with Crippen LogP contribution in [0.3, 0.4) is 0 Å². The molecule has 0 spiro atoms. The molecule has 0 radical (unpaired) electrons. The second-order valence-electron chi connectivity index (χ2n) is 10.2. The predicted octanol–water partition coefficient (Wildman–Crippen LogP) is 1.80. The van der Waals surface area contributed by atoms with E-state index in [-0.39, 0.29) is 23.2 Å². The van der Waals surface area contributed by atoms with Crippen molar-refractivity contribution in [2.24, 2.45) is 28.6 Å². The highest BCUT2D eigenvalue weighted by atomic mass is 16.4. The number of hydrogen-bond acceptors (Lipinski definition) is 5. The van der Waals surface area contributed by atoms with Crippen LogP contribution in [0.15, 0.2) is 0 Å². The van der Waals surface area contributed by atoms with Gasteiger partial charge in [0.25, 0.3) is 0 Å². The van der Waals surface area contributed by atoms with Crippen molar-refractivity contribution in [3.8, 4) is 0 Å². The minimum atomic E-state index is -1.44. The molecule has 26 heavy (non-hydrogen) atoms. The zero-order valence-electron chi connectivity index (χ0n) is 16.2. The zero-order valence-corrected chi connectivity index (χ0v) is 16.2. The van der Waals surface area contributed by atoms with E-state index in [1.54, 1.807) is 0 Å². The highest BCUT2D eigenvalue weighted by molar-refractivity contribution is 5.80. The quantitative estimate of drug-likeness (QED) is 0.567. The average Bonchev–Trinajstić information content (AvgIpc) is 2.86. The smallest absolute Gasteiger partial charge is 0.133 e. The molecule has 5 heteroatoms. The molecule has 0 unspecified atom stereocenters. The number of aliphatic hydroxyl groups is 4. The van der Waals surface area contributed by atoms with Gasteiger partial charge in [-0.15, -0.1) is 0 Å². The molecular weight excluding hydrogens is 332 g/mol. The van der Waals surface area contributed by atoms with Gasteiger partial charge in [-0.05, 0) is 75.5 Å². The summed E-state index contributed by atoms with van der Waals surface area (Å²) in [4.78, 5) is 12.3. The molecule has 5 nitrogen and oxygen atoms in total. The van der Waals surface area contributed by atoms with E-state index in [2.05, 4.69) is 6.92 Å². The van der Waals surface area contributed by atoms with Gasteiger partial charge in [0.05, 0.1) is 17.8 Å². The summed E-state index contributed by atoms with van der Waals surface area (Å²) in [5.41, 5.74) is -3.92. The van der Waals surface area contributed by atoms with Crippen molar-refractivity contribution in [2.45, 2.75) is 95.5 Å². The van der Waals surface area contributed by atoms with Crippen molar-refractivity contribution in [1.82, 2.24) is 0 Å². The Hall–Kier alpha value is -0.490. The van der Waals surface area contributed by atoms with Gasteiger partial charge in [-0.3, -0.25) is 4.79 Å². The highest BCUT2D eigenvalue weighted by Gasteiger charge is 2.76. The molecule has 9 atom stereocenters. The molecule has 0 heterocycles. The summed E-state index contributed by atoms with van der Waals surface area (Å²) >= 11 is 0. The minimum absolute atomic E-state index is 0.00906. The Kier molecular flexibility index (Phi) is 4.01. The standard InChI is InChI=1S/C21H34O5/c1-12(22)15-6-9-21(26)19(15,3)17(24)11-16-18(2)7-5-14(23)10-13(18)4-8-20(16,21)25/h13-17,23-26H,4-11H2,1-3H3/t13-,14-,15-,16+,17+,18-,19-,20-,21+/m0/s1. The first-order chi connectivity index (χ1) is 12.0. The summed E-state index contributed by atoms with van der Waals surface area (Å²) < 4.78 is 0. The van der Waals surface area contributed by atoms with E-state index >= 15 is 0 Å². The van der Waals surface area contributed by atoms with E-state index in [0.29, 0.717) is 38.0 Å². The summed E-state index contributed by atoms with van der Waals surface area (Å²) in [7, 11) is 0. The summed E-state index contributed by atoms with van der Waals surface area (Å²) in [6.45, 7) is 5.52. The van der Waals surface area contributed by atoms with Crippen LogP contribution < -0.4 is 0 Å². The van der Waals surface area contributed by atoms with Crippen LogP contribution in [0.25, 0.3) is 0 Å². The molecule has 4 saturated carbocycles. The summed E-state index contributed by atoms with van der Waals surface area (Å²) in [6, 6.07) is 0. The molecule has 0 aliphatic heterocycles. The molecule has 0 bridgehead atoms. The van der Waals surface area contributed by atoms with Crippen molar-refractivity contribution in [2.75, 3.05) is 0 Å². The topological polar surface area (TPSA) is 98.0 Å². The Labute approximate surface area is 155 Å². The fourth-order valence-electron chi connectivity index (χ4n) is 7.87. The lowest BCUT2D eigenvalue weighted by Gasteiger charge is -2.68. The second kappa shape index (κ2) is 5.53. The van der Waals surface area contributed by atoms with E-state index in [1.165, 1.54) is 6.92 Å². The van der Waals surface area contributed by atoms with Crippen molar-refractivity contribution < 1.29 is 25.2 Å². The molecule has 0 amide bonds. The van der Waals surface area contributed by atoms with E-state index < -0.39 is 28.6 Å². The number of carbonyl (C=O) groups excluding carboxylic acids is 1. The summed E-state index contributed by atoms with van der Waals surface area (Å²) in [5, 5.41) is 45.1. The van der Waals surface area contributed by atoms with Crippen LogP contribution in [0.2, 0.25) is 0 Å². The highest BCUT2D eigenvalue weighted by Crippen LogP contribution is 2.70. The third-order valence-corrected chi connectivity index (χ3v) is 9.52. The number of ketones is 1. The summed E-state index contributed by atoms with van der Waals surface area (Å²) in [5.74, 6) is -0.321. The van der Waals surface area contributed by atoms with Crippen LogP contribution in [0.1, 0.15) is 72.1 Å². The maximum absolute atomic E-state index is 12.3. The molecule has 4 N–H and O–H groups in total. The van der Waals surface area contributed by atoms with Gasteiger partial charge in [0.15, 0.2) is 0 Å². The maximum atomic E-state index is 12.3. The van der Waals surface area contributed by atoms with E-state index in [0.717, 1.165) is 19.3 Å². The SMILES string of the molecule is CC(=O)[C@@H]1CC[C@@]2(O)[C@]1(C)[C@H](O)C[C@@H]1[C@@]3(C)CC[C@H](O)C[C@@H]3CC[C@]12O. The lowest BCUT2D eigenvalue weighted by molar-refractivity contribution is -0.319. The number of carbonyl (C=O) groups is 1. The lowest BCUT2D eigenvalue weighted by Crippen LogP contribution is -2.76. The van der Waals surface area contributed by atoms with E-state index in [9.17, 15) is 25.2 Å². The number of aliphatic hydroxyl groups excluding tert-OH is 2. The van der Waals surface area contributed by atoms with Crippen molar-refractivity contribution in [3.63, 3.8) is 0 Å². The molecule has 148 valence electrons. The number of rotatable bonds is 1. The first-order valence-corrected chi connectivity index (χ1v) is 10.3. The van der Waals surface area contributed by atoms with Crippen LogP contribution >= 0.6 is 0 Å². The lowest BCUT2D eigenvalue weighted by atomic mass is 9.40. The van der Waals surface area contributed by atoms with E-state index in [1.807, 2.05) is 6.92 Å². The van der Waals surface area contributed by atoms with Gasteiger partial charge < -0.3 is 20.4 Å². The molecule has 4 aliphatic rings. The molecule has 0 aromatic rings. The fourth-order valence-corrected chi connectivity index (χ4v) is 7.87. The molecule has 0 aromatic heterocycles. The number of Topliss-reactive ketones (excluding diaryl/α,β-unsaturated/α-hetero) is 1. The van der Waals surface area contributed by atoms with Gasteiger partial charge >= 0.3 is 0 Å². The Morgan fingerprint density at radius 3 is 2.31 bits per heavy atom. The van der Waals surface area contributed by atoms with Gasteiger partial charge in [0.1, 0.15) is 11.4 Å². The molecule has 0 aromatic carbocycles. The van der Waals surface area contributed by atoms with Crippen LogP contribution in [0.5, 0.6) is 0 Å². The normalized spacial score (nSPS) is 59.3. The minimum Gasteiger partial charge on any atom is -0.393 e.